The van der Waals surface area contributed by atoms with E-state index < -0.39 is 11.6 Å². The summed E-state index contributed by atoms with van der Waals surface area (Å²) >= 11 is 0. The minimum absolute atomic E-state index is 0.452. The number of nitrogens with zero attached hydrogens (tertiary/aromatic N) is 3. The van der Waals surface area contributed by atoms with Gasteiger partial charge in [-0.3, -0.25) is 0 Å². The van der Waals surface area contributed by atoms with Crippen LogP contribution < -0.4 is 0 Å². The van der Waals surface area contributed by atoms with Crippen molar-refractivity contribution < 1.29 is 5.11 Å². The minimum atomic E-state index is -0.549. The van der Waals surface area contributed by atoms with Crippen molar-refractivity contribution in [3.8, 4) is 0 Å². The number of aliphatic hydroxyl groups excluding tert-OH is 1. The second-order valence-corrected chi connectivity index (χ2v) is 3.31. The zero-order valence-electron chi connectivity index (χ0n) is 6.69. The van der Waals surface area contributed by atoms with E-state index in [1.54, 1.807) is 0 Å². The zero-order valence-corrected chi connectivity index (χ0v) is 6.69. The van der Waals surface area contributed by atoms with Gasteiger partial charge >= 0.3 is 0 Å². The number of hydrogen-bond acceptors (Lipinski definition) is 2. The van der Waals surface area contributed by atoms with Crippen molar-refractivity contribution in [2.45, 2.75) is 44.2 Å². The molecule has 2 atom stereocenters. The van der Waals surface area contributed by atoms with E-state index in [0.29, 0.717) is 0 Å². The fourth-order valence-corrected chi connectivity index (χ4v) is 1.52. The molecule has 1 fully saturated rings. The van der Waals surface area contributed by atoms with Gasteiger partial charge in [0.1, 0.15) is 0 Å². The Morgan fingerprint density at radius 3 is 2.91 bits per heavy atom. The first-order valence-electron chi connectivity index (χ1n) is 3.93. The van der Waals surface area contributed by atoms with E-state index >= 15 is 0 Å². The third-order valence-electron chi connectivity index (χ3n) is 2.40. The quantitative estimate of drug-likeness (QED) is 0.351. The molecule has 4 nitrogen and oxygen atoms in total. The van der Waals surface area contributed by atoms with Crippen LogP contribution >= 0.6 is 0 Å². The van der Waals surface area contributed by atoms with Crippen molar-refractivity contribution in [3.63, 3.8) is 0 Å². The Bertz CT molecular complexity index is 188. The van der Waals surface area contributed by atoms with E-state index in [1.165, 1.54) is 0 Å². The van der Waals surface area contributed by atoms with Crippen LogP contribution in [0.15, 0.2) is 5.11 Å². The smallest absolute Gasteiger partial charge is 0.0718 e. The van der Waals surface area contributed by atoms with Crippen molar-refractivity contribution in [3.05, 3.63) is 10.4 Å². The average Bonchev–Trinajstić information content (AvgIpc) is 1.96. The summed E-state index contributed by atoms with van der Waals surface area (Å²) < 4.78 is 0. The molecule has 1 aliphatic rings. The Morgan fingerprint density at radius 2 is 2.36 bits per heavy atom. The maximum atomic E-state index is 9.49. The Labute approximate surface area is 65.9 Å². The Hall–Kier alpha value is -0.730. The van der Waals surface area contributed by atoms with Crippen LogP contribution in [-0.2, 0) is 0 Å². The first-order valence-corrected chi connectivity index (χ1v) is 3.93. The van der Waals surface area contributed by atoms with Crippen LogP contribution in [0, 0.1) is 0 Å². The lowest BCUT2D eigenvalue weighted by Crippen LogP contribution is -2.39. The lowest BCUT2D eigenvalue weighted by atomic mass is 9.81. The molecule has 11 heavy (non-hydrogen) atoms. The predicted octanol–water partition coefficient (Wildman–Crippen LogP) is 1.99. The maximum absolute atomic E-state index is 9.49. The summed E-state index contributed by atoms with van der Waals surface area (Å²) in [7, 11) is 0. The molecule has 0 unspecified atom stereocenters. The second-order valence-electron chi connectivity index (χ2n) is 3.31. The number of rotatable bonds is 1. The summed E-state index contributed by atoms with van der Waals surface area (Å²) in [5.41, 5.74) is 7.70. The predicted molar refractivity (Wildman–Crippen MR) is 42.0 cm³/mol. The Kier molecular flexibility index (Phi) is 2.37. The normalized spacial score (nSPS) is 37.8. The summed E-state index contributed by atoms with van der Waals surface area (Å²) in [5.74, 6) is 0. The van der Waals surface area contributed by atoms with E-state index in [2.05, 4.69) is 10.0 Å². The highest BCUT2D eigenvalue weighted by molar-refractivity contribution is 4.93. The van der Waals surface area contributed by atoms with Gasteiger partial charge in [0.15, 0.2) is 0 Å². The van der Waals surface area contributed by atoms with Crippen molar-refractivity contribution in [1.29, 1.82) is 0 Å². The van der Waals surface area contributed by atoms with Gasteiger partial charge in [0.2, 0.25) is 0 Å². The van der Waals surface area contributed by atoms with Crippen LogP contribution in [0.1, 0.15) is 32.6 Å². The lowest BCUT2D eigenvalue weighted by molar-refractivity contribution is 0.0574. The molecule has 4 heteroatoms. The SMILES string of the molecule is C[C@@]1(N=[N+]=[N-])CCCC[C@H]1O. The first-order chi connectivity index (χ1) is 5.19. The van der Waals surface area contributed by atoms with E-state index in [9.17, 15) is 5.11 Å². The average molecular weight is 155 g/mol. The summed E-state index contributed by atoms with van der Waals surface area (Å²) in [6, 6.07) is 0. The van der Waals surface area contributed by atoms with Crippen molar-refractivity contribution in [2.75, 3.05) is 0 Å². The van der Waals surface area contributed by atoms with E-state index in [1.807, 2.05) is 6.92 Å². The standard InChI is InChI=1S/C7H13N3O/c1-7(9-10-8)5-3-2-4-6(7)11/h6,11H,2-5H2,1H3/t6-,7-/m1/s1. The van der Waals surface area contributed by atoms with Gasteiger partial charge in [-0.2, -0.15) is 0 Å². The Balaban J connectivity index is 2.72. The molecular weight excluding hydrogens is 142 g/mol. The van der Waals surface area contributed by atoms with Gasteiger partial charge in [0.25, 0.3) is 0 Å². The van der Waals surface area contributed by atoms with E-state index in [-0.39, 0.29) is 0 Å². The molecule has 1 N–H and O–H groups in total. The summed E-state index contributed by atoms with van der Waals surface area (Å²) in [6.45, 7) is 1.82. The van der Waals surface area contributed by atoms with Gasteiger partial charge in [0, 0.05) is 4.91 Å². The molecule has 0 bridgehead atoms. The monoisotopic (exact) mass is 155 g/mol. The highest BCUT2D eigenvalue weighted by atomic mass is 16.3. The zero-order chi connectivity index (χ0) is 8.32. The summed E-state index contributed by atoms with van der Waals surface area (Å²) in [6.07, 6.45) is 3.20. The largest absolute Gasteiger partial charge is 0.392 e. The summed E-state index contributed by atoms with van der Waals surface area (Å²) in [4.78, 5) is 2.75. The molecule has 0 radical (unpaired) electrons. The van der Waals surface area contributed by atoms with E-state index in [0.717, 1.165) is 25.7 Å². The van der Waals surface area contributed by atoms with Crippen molar-refractivity contribution >= 4 is 0 Å². The minimum Gasteiger partial charge on any atom is -0.392 e. The molecule has 0 amide bonds. The second kappa shape index (κ2) is 3.11. The van der Waals surface area contributed by atoms with Crippen molar-refractivity contribution in [2.24, 2.45) is 5.11 Å². The summed E-state index contributed by atoms with van der Waals surface area (Å²) in [5, 5.41) is 13.1. The lowest BCUT2D eigenvalue weighted by Gasteiger charge is -2.33. The topological polar surface area (TPSA) is 69.0 Å². The third-order valence-corrected chi connectivity index (χ3v) is 2.40. The molecule has 0 heterocycles. The maximum Gasteiger partial charge on any atom is 0.0718 e. The van der Waals surface area contributed by atoms with Gasteiger partial charge in [-0.05, 0) is 18.4 Å². The van der Waals surface area contributed by atoms with Crippen LogP contribution in [0.25, 0.3) is 10.4 Å². The highest BCUT2D eigenvalue weighted by Crippen LogP contribution is 2.31. The van der Waals surface area contributed by atoms with Crippen LogP contribution in [0.5, 0.6) is 0 Å². The molecule has 0 spiro atoms. The molecular formula is C7H13N3O. The van der Waals surface area contributed by atoms with Crippen LogP contribution in [0.2, 0.25) is 0 Å². The van der Waals surface area contributed by atoms with Gasteiger partial charge in [0.05, 0.1) is 11.6 Å². The number of aliphatic hydroxyl groups is 1. The van der Waals surface area contributed by atoms with Gasteiger partial charge < -0.3 is 5.11 Å². The molecule has 0 aromatic carbocycles. The fraction of sp³-hybridized carbons (Fsp3) is 1.00. The number of hydrogen-bond donors (Lipinski definition) is 1. The molecule has 62 valence electrons. The van der Waals surface area contributed by atoms with Crippen molar-refractivity contribution in [1.82, 2.24) is 0 Å². The Morgan fingerprint density at radius 1 is 1.64 bits per heavy atom. The molecule has 1 rings (SSSR count). The van der Waals surface area contributed by atoms with Gasteiger partial charge in [-0.15, -0.1) is 0 Å². The molecule has 0 aliphatic heterocycles. The highest BCUT2D eigenvalue weighted by Gasteiger charge is 2.34. The third kappa shape index (κ3) is 1.64. The molecule has 0 aromatic rings. The number of azide groups is 1. The fourth-order valence-electron chi connectivity index (χ4n) is 1.52. The van der Waals surface area contributed by atoms with E-state index in [4.69, 9.17) is 5.53 Å². The van der Waals surface area contributed by atoms with Crippen LogP contribution in [0.3, 0.4) is 0 Å². The first kappa shape index (κ1) is 8.37. The molecule has 0 aromatic heterocycles. The molecule has 1 saturated carbocycles. The van der Waals surface area contributed by atoms with Crippen LogP contribution in [-0.4, -0.2) is 16.7 Å². The van der Waals surface area contributed by atoms with Gasteiger partial charge in [-0.25, -0.2) is 0 Å². The molecule has 0 saturated heterocycles. The van der Waals surface area contributed by atoms with Gasteiger partial charge in [-0.1, -0.05) is 24.9 Å². The van der Waals surface area contributed by atoms with Crippen LogP contribution in [0.4, 0.5) is 0 Å². The molecule has 1 aliphatic carbocycles.